The Labute approximate surface area is 132 Å². The molecule has 1 aliphatic heterocycles. The van der Waals surface area contributed by atoms with Crippen LogP contribution in [0.1, 0.15) is 51.5 Å². The van der Waals surface area contributed by atoms with Crippen LogP contribution in [-0.2, 0) is 21.2 Å². The Kier molecular flexibility index (Phi) is 5.58. The molecule has 1 atom stereocenters. The maximum Gasteiger partial charge on any atom is 0.240 e. The summed E-state index contributed by atoms with van der Waals surface area (Å²) in [6.07, 6.45) is 5.08. The lowest BCUT2D eigenvalue weighted by Gasteiger charge is -2.19. The van der Waals surface area contributed by atoms with Gasteiger partial charge in [0.05, 0.1) is 4.90 Å². The molecular formula is C16H24N2O3S. The molecule has 0 saturated carbocycles. The molecule has 122 valence electrons. The van der Waals surface area contributed by atoms with E-state index >= 15 is 0 Å². The third-order valence-corrected chi connectivity index (χ3v) is 5.47. The Morgan fingerprint density at radius 1 is 1.27 bits per heavy atom. The quantitative estimate of drug-likeness (QED) is 0.757. The molecule has 2 rings (SSSR count). The number of fused-ring (bicyclic) bond motifs is 1. The zero-order valence-electron chi connectivity index (χ0n) is 13.2. The standard InChI is InChI=1S/C16H24N2O3S/c1-3-4-5-6-12(2)18-22(20,21)14-8-9-15-13(11-14)7-10-16(19)17-15/h8-9,11-12,18H,3-7,10H2,1-2H3,(H,17,19). The number of unbranched alkanes of at least 4 members (excludes halogenated alkanes) is 2. The van der Waals surface area contributed by atoms with Crippen molar-refractivity contribution in [3.8, 4) is 0 Å². The van der Waals surface area contributed by atoms with Crippen LogP contribution < -0.4 is 10.0 Å². The summed E-state index contributed by atoms with van der Waals surface area (Å²) in [5.41, 5.74) is 1.59. The fourth-order valence-corrected chi connectivity index (χ4v) is 3.95. The minimum absolute atomic E-state index is 0.0224. The van der Waals surface area contributed by atoms with Crippen LogP contribution in [0.3, 0.4) is 0 Å². The topological polar surface area (TPSA) is 75.3 Å². The van der Waals surface area contributed by atoms with Gasteiger partial charge in [-0.2, -0.15) is 0 Å². The SMILES string of the molecule is CCCCCC(C)NS(=O)(=O)c1ccc2c(c1)CCC(=O)N2. The average Bonchev–Trinajstić information content (AvgIpc) is 2.46. The van der Waals surface area contributed by atoms with Crippen LogP contribution in [0.15, 0.2) is 23.1 Å². The Hall–Kier alpha value is -1.40. The number of carbonyl (C=O) groups excluding carboxylic acids is 1. The molecule has 2 N–H and O–H groups in total. The number of hydrogen-bond donors (Lipinski definition) is 2. The van der Waals surface area contributed by atoms with Gasteiger partial charge in [0, 0.05) is 18.2 Å². The van der Waals surface area contributed by atoms with Gasteiger partial charge in [-0.25, -0.2) is 13.1 Å². The van der Waals surface area contributed by atoms with E-state index in [1.165, 1.54) is 0 Å². The summed E-state index contributed by atoms with van der Waals surface area (Å²) < 4.78 is 27.6. The van der Waals surface area contributed by atoms with E-state index in [0.717, 1.165) is 31.2 Å². The molecule has 1 aromatic rings. The van der Waals surface area contributed by atoms with Crippen molar-refractivity contribution < 1.29 is 13.2 Å². The smallest absolute Gasteiger partial charge is 0.240 e. The number of hydrogen-bond acceptors (Lipinski definition) is 3. The highest BCUT2D eigenvalue weighted by atomic mass is 32.2. The van der Waals surface area contributed by atoms with E-state index in [-0.39, 0.29) is 16.8 Å². The van der Waals surface area contributed by atoms with E-state index in [9.17, 15) is 13.2 Å². The maximum atomic E-state index is 12.4. The number of aryl methyl sites for hydroxylation is 1. The fourth-order valence-electron chi connectivity index (χ4n) is 2.62. The number of rotatable bonds is 7. The van der Waals surface area contributed by atoms with Gasteiger partial charge in [-0.15, -0.1) is 0 Å². The number of carbonyl (C=O) groups is 1. The van der Waals surface area contributed by atoms with E-state index < -0.39 is 10.0 Å². The van der Waals surface area contributed by atoms with Crippen LogP contribution in [-0.4, -0.2) is 20.4 Å². The van der Waals surface area contributed by atoms with Crippen LogP contribution in [0.4, 0.5) is 5.69 Å². The molecule has 0 spiro atoms. The highest BCUT2D eigenvalue weighted by molar-refractivity contribution is 7.89. The zero-order valence-corrected chi connectivity index (χ0v) is 14.0. The summed E-state index contributed by atoms with van der Waals surface area (Å²) in [5.74, 6) is -0.0224. The molecule has 5 nitrogen and oxygen atoms in total. The van der Waals surface area contributed by atoms with E-state index in [4.69, 9.17) is 0 Å². The van der Waals surface area contributed by atoms with Crippen LogP contribution in [0.25, 0.3) is 0 Å². The molecule has 1 aliphatic rings. The van der Waals surface area contributed by atoms with E-state index in [1.54, 1.807) is 18.2 Å². The van der Waals surface area contributed by atoms with Gasteiger partial charge in [0.15, 0.2) is 0 Å². The van der Waals surface area contributed by atoms with Crippen molar-refractivity contribution in [3.05, 3.63) is 23.8 Å². The first-order valence-corrected chi connectivity index (χ1v) is 9.36. The molecule has 0 radical (unpaired) electrons. The molecule has 1 unspecified atom stereocenters. The van der Waals surface area contributed by atoms with Gasteiger partial charge in [-0.3, -0.25) is 4.79 Å². The van der Waals surface area contributed by atoms with E-state index in [2.05, 4.69) is 17.0 Å². The number of anilines is 1. The first-order chi connectivity index (χ1) is 10.4. The minimum Gasteiger partial charge on any atom is -0.326 e. The predicted molar refractivity (Wildman–Crippen MR) is 87.3 cm³/mol. The highest BCUT2D eigenvalue weighted by Crippen LogP contribution is 2.25. The number of nitrogens with one attached hydrogen (secondary N) is 2. The van der Waals surface area contributed by atoms with Crippen molar-refractivity contribution in [2.24, 2.45) is 0 Å². The minimum atomic E-state index is -3.51. The Morgan fingerprint density at radius 2 is 2.05 bits per heavy atom. The second-order valence-corrected chi connectivity index (χ2v) is 7.60. The lowest BCUT2D eigenvalue weighted by atomic mass is 10.0. The van der Waals surface area contributed by atoms with Crippen molar-refractivity contribution in [1.29, 1.82) is 0 Å². The van der Waals surface area contributed by atoms with Crippen molar-refractivity contribution in [2.45, 2.75) is 63.3 Å². The molecule has 0 aromatic heterocycles. The Morgan fingerprint density at radius 3 is 2.77 bits per heavy atom. The average molecular weight is 324 g/mol. The normalized spacial score (nSPS) is 16.0. The van der Waals surface area contributed by atoms with Gasteiger partial charge in [-0.1, -0.05) is 26.2 Å². The van der Waals surface area contributed by atoms with Gasteiger partial charge < -0.3 is 5.32 Å². The number of amides is 1. The van der Waals surface area contributed by atoms with Crippen molar-refractivity contribution in [1.82, 2.24) is 4.72 Å². The molecule has 6 heteroatoms. The summed E-state index contributed by atoms with van der Waals surface area (Å²) >= 11 is 0. The van der Waals surface area contributed by atoms with E-state index in [1.807, 2.05) is 6.92 Å². The second kappa shape index (κ2) is 7.24. The lowest BCUT2D eigenvalue weighted by molar-refractivity contribution is -0.116. The van der Waals surface area contributed by atoms with Crippen molar-refractivity contribution in [2.75, 3.05) is 5.32 Å². The highest BCUT2D eigenvalue weighted by Gasteiger charge is 2.21. The molecule has 0 aliphatic carbocycles. The van der Waals surface area contributed by atoms with Gasteiger partial charge in [0.25, 0.3) is 0 Å². The molecule has 0 bridgehead atoms. The molecular weight excluding hydrogens is 300 g/mol. The third kappa shape index (κ3) is 4.30. The number of sulfonamides is 1. The molecule has 0 saturated heterocycles. The Balaban J connectivity index is 2.08. The largest absolute Gasteiger partial charge is 0.326 e. The van der Waals surface area contributed by atoms with Gasteiger partial charge in [0.1, 0.15) is 0 Å². The first-order valence-electron chi connectivity index (χ1n) is 7.87. The summed E-state index contributed by atoms with van der Waals surface area (Å²) in [7, 11) is -3.51. The molecule has 1 heterocycles. The van der Waals surface area contributed by atoms with Gasteiger partial charge in [0.2, 0.25) is 15.9 Å². The number of benzene rings is 1. The van der Waals surface area contributed by atoms with Crippen molar-refractivity contribution >= 4 is 21.6 Å². The van der Waals surface area contributed by atoms with Crippen molar-refractivity contribution in [3.63, 3.8) is 0 Å². The lowest BCUT2D eigenvalue weighted by Crippen LogP contribution is -2.32. The summed E-state index contributed by atoms with van der Waals surface area (Å²) in [6.45, 7) is 4.02. The summed E-state index contributed by atoms with van der Waals surface area (Å²) in [6, 6.07) is 4.80. The van der Waals surface area contributed by atoms with Gasteiger partial charge in [-0.05, 0) is 43.5 Å². The first kappa shape index (κ1) is 17.0. The Bertz CT molecular complexity index is 641. The maximum absolute atomic E-state index is 12.4. The molecule has 1 aromatic carbocycles. The van der Waals surface area contributed by atoms with Gasteiger partial charge >= 0.3 is 0 Å². The van der Waals surface area contributed by atoms with Crippen LogP contribution in [0.5, 0.6) is 0 Å². The molecule has 22 heavy (non-hydrogen) atoms. The monoisotopic (exact) mass is 324 g/mol. The predicted octanol–water partition coefficient (Wildman–Crippen LogP) is 2.82. The van der Waals surface area contributed by atoms with E-state index in [0.29, 0.717) is 18.5 Å². The fraction of sp³-hybridized carbons (Fsp3) is 0.562. The second-order valence-electron chi connectivity index (χ2n) is 5.89. The van der Waals surface area contributed by atoms with Crippen LogP contribution in [0, 0.1) is 0 Å². The zero-order chi connectivity index (χ0) is 16.2. The third-order valence-electron chi connectivity index (χ3n) is 3.88. The summed E-state index contributed by atoms with van der Waals surface area (Å²) in [5, 5.41) is 2.76. The van der Waals surface area contributed by atoms with Crippen LogP contribution >= 0.6 is 0 Å². The summed E-state index contributed by atoms with van der Waals surface area (Å²) in [4.78, 5) is 11.6. The van der Waals surface area contributed by atoms with Crippen LogP contribution in [0.2, 0.25) is 0 Å². The molecule has 0 fully saturated rings. The molecule has 1 amide bonds.